The molecule has 1 aliphatic rings. The number of nitriles is 1. The van der Waals surface area contributed by atoms with Gasteiger partial charge in [0, 0.05) is 19.5 Å². The molecule has 0 bridgehead atoms. The van der Waals surface area contributed by atoms with Crippen molar-refractivity contribution in [1.82, 2.24) is 4.31 Å². The molecule has 0 saturated carbocycles. The zero-order valence-electron chi connectivity index (χ0n) is 6.32. The van der Waals surface area contributed by atoms with Gasteiger partial charge in [-0.05, 0) is 5.92 Å². The van der Waals surface area contributed by atoms with Crippen LogP contribution in [0.1, 0.15) is 6.42 Å². The second-order valence-electron chi connectivity index (χ2n) is 2.81. The van der Waals surface area contributed by atoms with E-state index in [9.17, 15) is 8.42 Å². The predicted molar refractivity (Wildman–Crippen MR) is 40.1 cm³/mol. The molecule has 5 heteroatoms. The summed E-state index contributed by atoms with van der Waals surface area (Å²) in [6.45, 7) is 1.04. The van der Waals surface area contributed by atoms with E-state index in [0.717, 1.165) is 0 Å². The summed E-state index contributed by atoms with van der Waals surface area (Å²) in [4.78, 5) is 0. The van der Waals surface area contributed by atoms with E-state index in [0.29, 0.717) is 19.5 Å². The Hall–Kier alpha value is -0.600. The van der Waals surface area contributed by atoms with Crippen molar-refractivity contribution in [2.45, 2.75) is 6.42 Å². The number of hydrogen-bond acceptors (Lipinski definition) is 3. The van der Waals surface area contributed by atoms with Crippen molar-refractivity contribution in [3.8, 4) is 6.07 Å². The topological polar surface area (TPSA) is 61.2 Å². The van der Waals surface area contributed by atoms with Crippen LogP contribution in [0.4, 0.5) is 0 Å². The Kier molecular flexibility index (Phi) is 2.16. The second-order valence-corrected chi connectivity index (χ2v) is 4.79. The van der Waals surface area contributed by atoms with Gasteiger partial charge in [0.25, 0.3) is 0 Å². The van der Waals surface area contributed by atoms with E-state index in [4.69, 9.17) is 5.26 Å². The van der Waals surface area contributed by atoms with E-state index in [1.807, 2.05) is 6.07 Å². The largest absolute Gasteiger partial charge is 0.213 e. The van der Waals surface area contributed by atoms with Crippen LogP contribution in [-0.4, -0.2) is 32.1 Å². The van der Waals surface area contributed by atoms with Crippen molar-refractivity contribution in [3.05, 3.63) is 0 Å². The van der Waals surface area contributed by atoms with Crippen molar-refractivity contribution in [2.24, 2.45) is 5.92 Å². The fourth-order valence-corrected chi connectivity index (χ4v) is 2.01. The molecule has 0 radical (unpaired) electrons. The van der Waals surface area contributed by atoms with Crippen LogP contribution in [0, 0.1) is 17.2 Å². The Balaban J connectivity index is 2.37. The summed E-state index contributed by atoms with van der Waals surface area (Å²) < 4.78 is 23.0. The summed E-state index contributed by atoms with van der Waals surface area (Å²) in [5.41, 5.74) is 0. The molecule has 0 amide bonds. The van der Waals surface area contributed by atoms with Crippen LogP contribution in [0.3, 0.4) is 0 Å². The highest BCUT2D eigenvalue weighted by atomic mass is 32.2. The van der Waals surface area contributed by atoms with E-state index in [-0.39, 0.29) is 5.92 Å². The molecule has 1 heterocycles. The average molecular weight is 174 g/mol. The van der Waals surface area contributed by atoms with E-state index in [1.165, 1.54) is 10.6 Å². The number of nitrogens with zero attached hydrogens (tertiary/aromatic N) is 2. The summed E-state index contributed by atoms with van der Waals surface area (Å²) in [6.07, 6.45) is 1.65. The normalized spacial score (nSPS) is 20.7. The van der Waals surface area contributed by atoms with Gasteiger partial charge in [-0.1, -0.05) is 0 Å². The quantitative estimate of drug-likeness (QED) is 0.582. The smallest absolute Gasteiger partial charge is 0.211 e. The summed E-state index contributed by atoms with van der Waals surface area (Å²) in [5.74, 6) is 0.259. The molecule has 0 aliphatic carbocycles. The molecule has 0 aromatic carbocycles. The average Bonchev–Trinajstić information content (AvgIpc) is 1.74. The van der Waals surface area contributed by atoms with Crippen molar-refractivity contribution in [2.75, 3.05) is 19.3 Å². The van der Waals surface area contributed by atoms with Crippen LogP contribution in [0.5, 0.6) is 0 Å². The lowest BCUT2D eigenvalue weighted by molar-refractivity contribution is 0.206. The summed E-state index contributed by atoms with van der Waals surface area (Å²) in [7, 11) is -2.99. The van der Waals surface area contributed by atoms with Gasteiger partial charge in [0.1, 0.15) is 0 Å². The Morgan fingerprint density at radius 1 is 1.64 bits per heavy atom. The van der Waals surface area contributed by atoms with Crippen molar-refractivity contribution >= 4 is 10.0 Å². The molecule has 0 aromatic rings. The highest BCUT2D eigenvalue weighted by Gasteiger charge is 2.32. The molecule has 11 heavy (non-hydrogen) atoms. The fourth-order valence-electron chi connectivity index (χ4n) is 1.05. The van der Waals surface area contributed by atoms with Gasteiger partial charge < -0.3 is 0 Å². The zero-order chi connectivity index (χ0) is 8.48. The lowest BCUT2D eigenvalue weighted by Crippen LogP contribution is -2.49. The van der Waals surface area contributed by atoms with E-state index >= 15 is 0 Å². The molecule has 0 atom stereocenters. The number of rotatable bonds is 2. The van der Waals surface area contributed by atoms with Crippen LogP contribution in [0.2, 0.25) is 0 Å². The monoisotopic (exact) mass is 174 g/mol. The Morgan fingerprint density at radius 2 is 2.18 bits per heavy atom. The first kappa shape index (κ1) is 8.50. The third kappa shape index (κ3) is 1.91. The van der Waals surface area contributed by atoms with Gasteiger partial charge in [-0.25, -0.2) is 12.7 Å². The fraction of sp³-hybridized carbons (Fsp3) is 0.833. The first-order valence-electron chi connectivity index (χ1n) is 3.36. The van der Waals surface area contributed by atoms with Crippen LogP contribution in [-0.2, 0) is 10.0 Å². The highest BCUT2D eigenvalue weighted by Crippen LogP contribution is 2.20. The molecule has 4 nitrogen and oxygen atoms in total. The van der Waals surface area contributed by atoms with Gasteiger partial charge in [0.15, 0.2) is 0 Å². The molecular formula is C6H10N2O2S. The summed E-state index contributed by atoms with van der Waals surface area (Å²) >= 11 is 0. The van der Waals surface area contributed by atoms with Gasteiger partial charge in [0.2, 0.25) is 10.0 Å². The highest BCUT2D eigenvalue weighted by molar-refractivity contribution is 7.88. The van der Waals surface area contributed by atoms with Gasteiger partial charge in [-0.15, -0.1) is 0 Å². The molecule has 0 spiro atoms. The van der Waals surface area contributed by atoms with Crippen molar-refractivity contribution in [3.63, 3.8) is 0 Å². The molecule has 0 unspecified atom stereocenters. The third-order valence-electron chi connectivity index (χ3n) is 1.77. The maximum Gasteiger partial charge on any atom is 0.211 e. The maximum absolute atomic E-state index is 10.8. The molecule has 1 saturated heterocycles. The minimum atomic E-state index is -2.99. The maximum atomic E-state index is 10.8. The van der Waals surface area contributed by atoms with Crippen LogP contribution in [0.15, 0.2) is 0 Å². The summed E-state index contributed by atoms with van der Waals surface area (Å²) in [5, 5.41) is 8.27. The van der Waals surface area contributed by atoms with Crippen LogP contribution < -0.4 is 0 Å². The first-order valence-corrected chi connectivity index (χ1v) is 5.21. The van der Waals surface area contributed by atoms with Gasteiger partial charge in [-0.3, -0.25) is 0 Å². The Labute approximate surface area is 66.5 Å². The molecule has 1 fully saturated rings. The standard InChI is InChI=1S/C6H10N2O2S/c1-11(9,10)8-4-6(5-8)2-3-7/h6H,2,4-5H2,1H3. The SMILES string of the molecule is CS(=O)(=O)N1CC(CC#N)C1. The molecule has 1 aliphatic heterocycles. The van der Waals surface area contributed by atoms with E-state index in [2.05, 4.69) is 0 Å². The van der Waals surface area contributed by atoms with Gasteiger partial charge >= 0.3 is 0 Å². The number of sulfonamides is 1. The third-order valence-corrected chi connectivity index (χ3v) is 3.01. The predicted octanol–water partition coefficient (Wildman–Crippen LogP) is -0.209. The molecular weight excluding hydrogens is 164 g/mol. The van der Waals surface area contributed by atoms with Crippen molar-refractivity contribution < 1.29 is 8.42 Å². The zero-order valence-corrected chi connectivity index (χ0v) is 7.13. The summed E-state index contributed by atoms with van der Waals surface area (Å²) in [6, 6.07) is 2.02. The van der Waals surface area contributed by atoms with Gasteiger partial charge in [0.05, 0.1) is 12.3 Å². The Morgan fingerprint density at radius 3 is 2.55 bits per heavy atom. The molecule has 0 aromatic heterocycles. The first-order chi connectivity index (χ1) is 5.04. The lowest BCUT2D eigenvalue weighted by Gasteiger charge is -2.35. The minimum Gasteiger partial charge on any atom is -0.213 e. The number of hydrogen-bond donors (Lipinski definition) is 0. The molecule has 1 rings (SSSR count). The second kappa shape index (κ2) is 2.80. The van der Waals surface area contributed by atoms with E-state index in [1.54, 1.807) is 0 Å². The van der Waals surface area contributed by atoms with E-state index < -0.39 is 10.0 Å². The lowest BCUT2D eigenvalue weighted by atomic mass is 10.0. The van der Waals surface area contributed by atoms with Gasteiger partial charge in [-0.2, -0.15) is 5.26 Å². The van der Waals surface area contributed by atoms with Crippen molar-refractivity contribution in [1.29, 1.82) is 5.26 Å². The van der Waals surface area contributed by atoms with Crippen LogP contribution in [0.25, 0.3) is 0 Å². The van der Waals surface area contributed by atoms with Crippen LogP contribution >= 0.6 is 0 Å². The Bertz CT molecular complexity index is 271. The molecule has 0 N–H and O–H groups in total. The molecule has 62 valence electrons. The minimum absolute atomic E-state index is 0.259.